The van der Waals surface area contributed by atoms with Gasteiger partial charge in [0.1, 0.15) is 0 Å². The molecule has 6 heteroatoms. The van der Waals surface area contributed by atoms with E-state index in [0.29, 0.717) is 17.7 Å². The molecular formula is C17H26N2O3S. The smallest absolute Gasteiger partial charge is 0.340 e. The molecular weight excluding hydrogens is 312 g/mol. The number of nitrogens with zero attached hydrogens (tertiary/aromatic N) is 1. The first-order valence-corrected chi connectivity index (χ1v) is 8.21. The maximum Gasteiger partial charge on any atom is 0.340 e. The van der Waals surface area contributed by atoms with E-state index >= 15 is 0 Å². The number of likely N-dealkylation sites (N-methyl/N-ethyl adjacent to an activating group) is 1. The number of hydrogen-bond acceptors (Lipinski definition) is 4. The van der Waals surface area contributed by atoms with Crippen LogP contribution in [-0.2, 0) is 22.3 Å². The number of hydrogen-bond donors (Lipinski definition) is 1. The van der Waals surface area contributed by atoms with Crippen LogP contribution in [0.2, 0.25) is 0 Å². The normalized spacial score (nSPS) is 12.6. The van der Waals surface area contributed by atoms with Gasteiger partial charge in [-0.25, -0.2) is 4.79 Å². The first kappa shape index (κ1) is 19.5. The van der Waals surface area contributed by atoms with E-state index in [1.807, 2.05) is 34.0 Å². The molecule has 0 heterocycles. The van der Waals surface area contributed by atoms with Crippen molar-refractivity contribution >= 4 is 30.4 Å². The molecule has 0 fully saturated rings. The highest BCUT2D eigenvalue weighted by Gasteiger charge is 2.28. The van der Waals surface area contributed by atoms with E-state index in [1.54, 1.807) is 19.1 Å². The van der Waals surface area contributed by atoms with Gasteiger partial charge in [-0.1, -0.05) is 25.5 Å². The Hall–Kier alpha value is -1.53. The molecule has 0 saturated heterocycles. The molecule has 1 atom stereocenters. The summed E-state index contributed by atoms with van der Waals surface area (Å²) in [6.45, 7) is 5.90. The predicted octanol–water partition coefficient (Wildman–Crippen LogP) is 2.82. The summed E-state index contributed by atoms with van der Waals surface area (Å²) in [5.74, 6) is -0.614. The van der Waals surface area contributed by atoms with Crippen LogP contribution in [0.3, 0.4) is 0 Å². The summed E-state index contributed by atoms with van der Waals surface area (Å²) in [6.07, 6.45) is 1.54. The van der Waals surface area contributed by atoms with Crippen molar-refractivity contribution in [2.45, 2.75) is 39.7 Å². The number of carbonyl (C=O) groups is 2. The van der Waals surface area contributed by atoms with E-state index in [1.165, 1.54) is 0 Å². The summed E-state index contributed by atoms with van der Waals surface area (Å²) >= 11 is 5.41. The Balaban J connectivity index is 3.12. The lowest BCUT2D eigenvalue weighted by atomic mass is 10.1. The third kappa shape index (κ3) is 5.25. The van der Waals surface area contributed by atoms with Gasteiger partial charge in [-0.05, 0) is 25.5 Å². The molecule has 1 rings (SSSR count). The average molecular weight is 338 g/mol. The number of carbonyl (C=O) groups excluding carboxylic acids is 2. The van der Waals surface area contributed by atoms with Crippen LogP contribution in [-0.4, -0.2) is 42.5 Å². The molecule has 0 spiro atoms. The van der Waals surface area contributed by atoms with Crippen molar-refractivity contribution in [3.63, 3.8) is 0 Å². The van der Waals surface area contributed by atoms with Gasteiger partial charge in [0.2, 0.25) is 0 Å². The van der Waals surface area contributed by atoms with Crippen molar-refractivity contribution in [1.82, 2.24) is 0 Å². The van der Waals surface area contributed by atoms with Crippen LogP contribution in [0.1, 0.15) is 42.6 Å². The average Bonchev–Trinajstić information content (AvgIpc) is 2.45. The molecule has 1 amide bonds. The number of benzene rings is 1. The fourth-order valence-electron chi connectivity index (χ4n) is 2.42. The largest absolute Gasteiger partial charge is 0.494 e. The number of aryl methyl sites for hydroxylation is 1. The van der Waals surface area contributed by atoms with E-state index < -0.39 is 5.97 Å². The quantitative estimate of drug-likeness (QED) is 0.472. The molecule has 0 radical (unpaired) electrons. The number of rotatable bonds is 7. The molecule has 0 saturated carbocycles. The molecule has 1 N–H and O–H groups in total. The molecule has 1 aromatic carbocycles. The first-order chi connectivity index (χ1) is 10.7. The fraction of sp³-hybridized carbons (Fsp3) is 0.529. The van der Waals surface area contributed by atoms with Gasteiger partial charge in [0, 0.05) is 6.42 Å². The predicted molar refractivity (Wildman–Crippen MR) is 93.9 cm³/mol. The molecule has 23 heavy (non-hydrogen) atoms. The molecule has 0 bridgehead atoms. The lowest BCUT2D eigenvalue weighted by Crippen LogP contribution is -2.50. The van der Waals surface area contributed by atoms with Crippen LogP contribution in [0.4, 0.5) is 5.69 Å². The van der Waals surface area contributed by atoms with Crippen LogP contribution < -0.4 is 5.32 Å². The minimum Gasteiger partial charge on any atom is -0.494 e. The van der Waals surface area contributed by atoms with Gasteiger partial charge >= 0.3 is 5.97 Å². The number of esters is 1. The zero-order valence-corrected chi connectivity index (χ0v) is 15.3. The van der Waals surface area contributed by atoms with Crippen molar-refractivity contribution in [2.24, 2.45) is 0 Å². The standard InChI is InChI=1S/C17H26N2O3S/c1-6-9-14(19(4,5)23)16(20)18-15-12(3)10-8-11-13(15)17(21)22-7-2/h8,10-11,14H,6-7,9H2,1-5H3,(H,18,20). The monoisotopic (exact) mass is 338 g/mol. The van der Waals surface area contributed by atoms with E-state index in [0.717, 1.165) is 12.0 Å². The van der Waals surface area contributed by atoms with Gasteiger partial charge in [-0.15, -0.1) is 0 Å². The Labute approximate surface area is 144 Å². The zero-order valence-electron chi connectivity index (χ0n) is 14.5. The summed E-state index contributed by atoms with van der Waals surface area (Å²) in [5.41, 5.74) is 1.68. The number of amides is 1. The Kier molecular flexibility index (Phi) is 7.09. The lowest BCUT2D eigenvalue weighted by molar-refractivity contribution is -0.768. The molecule has 1 unspecified atom stereocenters. The maximum atomic E-state index is 12.7. The number of nitrogens with one attached hydrogen (secondary N) is 1. The Morgan fingerprint density at radius 1 is 1.30 bits per heavy atom. The lowest BCUT2D eigenvalue weighted by Gasteiger charge is -2.42. The van der Waals surface area contributed by atoms with Crippen LogP contribution >= 0.6 is 0 Å². The second-order valence-electron chi connectivity index (χ2n) is 5.95. The van der Waals surface area contributed by atoms with Crippen LogP contribution in [0.15, 0.2) is 18.2 Å². The third-order valence-electron chi connectivity index (χ3n) is 3.63. The van der Waals surface area contributed by atoms with Crippen LogP contribution in [0, 0.1) is 6.92 Å². The second-order valence-corrected chi connectivity index (χ2v) is 6.89. The highest BCUT2D eigenvalue weighted by molar-refractivity contribution is 7.52. The number of para-hydroxylation sites is 1. The van der Waals surface area contributed by atoms with Gasteiger partial charge in [-0.3, -0.25) is 4.79 Å². The number of ether oxygens (including phenoxy) is 1. The molecule has 1 aromatic rings. The molecule has 0 aliphatic rings. The minimum atomic E-state index is -0.439. The molecule has 5 nitrogen and oxygen atoms in total. The van der Waals surface area contributed by atoms with Crippen LogP contribution in [0.25, 0.3) is 0 Å². The SMILES string of the molecule is CCCC(C(=O)Nc1c(C)cccc1C(=O)OCC)[N+](C)(C)[S-]. The summed E-state index contributed by atoms with van der Waals surface area (Å²) < 4.78 is 5.19. The molecule has 128 valence electrons. The minimum absolute atomic E-state index is 0.125. The van der Waals surface area contributed by atoms with Crippen molar-refractivity contribution in [1.29, 1.82) is 0 Å². The van der Waals surface area contributed by atoms with Crippen molar-refractivity contribution < 1.29 is 18.2 Å². The van der Waals surface area contributed by atoms with E-state index in [2.05, 4.69) is 5.32 Å². The maximum absolute atomic E-state index is 12.7. The Bertz CT molecular complexity index is 567. The first-order valence-electron chi connectivity index (χ1n) is 7.84. The van der Waals surface area contributed by atoms with Crippen molar-refractivity contribution in [3.05, 3.63) is 29.3 Å². The van der Waals surface area contributed by atoms with Gasteiger partial charge in [0.05, 0.1) is 32.0 Å². The highest BCUT2D eigenvalue weighted by atomic mass is 32.1. The Morgan fingerprint density at radius 2 is 1.96 bits per heavy atom. The van der Waals surface area contributed by atoms with Gasteiger partial charge < -0.3 is 26.8 Å². The van der Waals surface area contributed by atoms with E-state index in [-0.39, 0.29) is 22.4 Å². The summed E-state index contributed by atoms with van der Waals surface area (Å²) in [4.78, 5) is 24.8. The Morgan fingerprint density at radius 3 is 2.48 bits per heavy atom. The second kappa shape index (κ2) is 8.36. The zero-order chi connectivity index (χ0) is 17.6. The fourth-order valence-corrected chi connectivity index (χ4v) is 2.62. The highest BCUT2D eigenvalue weighted by Crippen LogP contribution is 2.23. The van der Waals surface area contributed by atoms with E-state index in [9.17, 15) is 9.59 Å². The summed E-state index contributed by atoms with van der Waals surface area (Å²) in [5, 5.41) is 2.89. The number of anilines is 1. The molecule has 0 aromatic heterocycles. The summed E-state index contributed by atoms with van der Waals surface area (Å²) in [6, 6.07) is 4.92. The van der Waals surface area contributed by atoms with Crippen LogP contribution in [0.5, 0.6) is 0 Å². The molecule has 0 aliphatic heterocycles. The number of quaternary nitrogens is 1. The molecule has 0 aliphatic carbocycles. The van der Waals surface area contributed by atoms with Gasteiger partial charge in [0.15, 0.2) is 6.04 Å². The van der Waals surface area contributed by atoms with E-state index in [4.69, 9.17) is 17.6 Å². The van der Waals surface area contributed by atoms with Crippen molar-refractivity contribution in [3.8, 4) is 0 Å². The van der Waals surface area contributed by atoms with Crippen molar-refractivity contribution in [2.75, 3.05) is 26.0 Å². The van der Waals surface area contributed by atoms with Gasteiger partial charge in [0.25, 0.3) is 5.91 Å². The van der Waals surface area contributed by atoms with Gasteiger partial charge in [-0.2, -0.15) is 0 Å². The topological polar surface area (TPSA) is 55.4 Å². The third-order valence-corrected chi connectivity index (χ3v) is 3.89. The summed E-state index contributed by atoms with van der Waals surface area (Å²) in [7, 11) is 3.64.